The maximum atomic E-state index is 10.2. The second kappa shape index (κ2) is 6.98. The van der Waals surface area contributed by atoms with Crippen LogP contribution in [-0.4, -0.2) is 74.3 Å². The molecule has 2 unspecified atom stereocenters. The Labute approximate surface area is 104 Å². The van der Waals surface area contributed by atoms with Crippen LogP contribution in [0.1, 0.15) is 0 Å². The largest absolute Gasteiger partial charge is 0.548 e. The SMILES string of the molecule is CO[C@@H]1OC(COCC(=O)[O-])[C@@H](OC)[C@H](O)C1O. The Balaban J connectivity index is 2.59. The van der Waals surface area contributed by atoms with Crippen LogP contribution in [0.25, 0.3) is 0 Å². The normalized spacial score (nSPS) is 36.6. The lowest BCUT2D eigenvalue weighted by Crippen LogP contribution is -2.59. The fourth-order valence-electron chi connectivity index (χ4n) is 1.78. The molecule has 2 N–H and O–H groups in total. The summed E-state index contributed by atoms with van der Waals surface area (Å²) in [5.41, 5.74) is 0. The van der Waals surface area contributed by atoms with E-state index < -0.39 is 43.3 Å². The molecule has 1 rings (SSSR count). The lowest BCUT2D eigenvalue weighted by molar-refractivity contribution is -0.315. The summed E-state index contributed by atoms with van der Waals surface area (Å²) >= 11 is 0. The van der Waals surface area contributed by atoms with Gasteiger partial charge in [0.2, 0.25) is 0 Å². The molecule has 0 saturated carbocycles. The van der Waals surface area contributed by atoms with Gasteiger partial charge in [-0.2, -0.15) is 0 Å². The molecule has 0 aromatic rings. The molecule has 0 bridgehead atoms. The maximum Gasteiger partial charge on any atom is 0.186 e. The number of rotatable bonds is 6. The Morgan fingerprint density at radius 2 is 1.94 bits per heavy atom. The predicted molar refractivity (Wildman–Crippen MR) is 54.3 cm³/mol. The van der Waals surface area contributed by atoms with Crippen molar-refractivity contribution < 1.29 is 39.1 Å². The lowest BCUT2D eigenvalue weighted by Gasteiger charge is -2.41. The Bertz CT molecular complexity index is 271. The third-order valence-corrected chi connectivity index (χ3v) is 2.65. The molecule has 18 heavy (non-hydrogen) atoms. The molecule has 1 aliphatic rings. The second-order valence-corrected chi connectivity index (χ2v) is 3.85. The number of hydrogen-bond donors (Lipinski definition) is 2. The zero-order valence-corrected chi connectivity index (χ0v) is 10.1. The van der Waals surface area contributed by atoms with Crippen LogP contribution in [0.15, 0.2) is 0 Å². The second-order valence-electron chi connectivity index (χ2n) is 3.85. The van der Waals surface area contributed by atoms with Gasteiger partial charge in [-0.05, 0) is 0 Å². The average molecular weight is 265 g/mol. The molecule has 1 heterocycles. The number of ether oxygens (including phenoxy) is 4. The Morgan fingerprint density at radius 3 is 2.44 bits per heavy atom. The molecule has 8 nitrogen and oxygen atoms in total. The molecule has 106 valence electrons. The van der Waals surface area contributed by atoms with Gasteiger partial charge < -0.3 is 39.1 Å². The third kappa shape index (κ3) is 3.61. The van der Waals surface area contributed by atoms with Crippen molar-refractivity contribution in [3.63, 3.8) is 0 Å². The van der Waals surface area contributed by atoms with Crippen molar-refractivity contribution in [3.8, 4) is 0 Å². The van der Waals surface area contributed by atoms with Gasteiger partial charge >= 0.3 is 0 Å². The predicted octanol–water partition coefficient (Wildman–Crippen LogP) is -3.14. The van der Waals surface area contributed by atoms with Gasteiger partial charge in [0, 0.05) is 14.2 Å². The summed E-state index contributed by atoms with van der Waals surface area (Å²) < 4.78 is 20.0. The number of carbonyl (C=O) groups is 1. The van der Waals surface area contributed by atoms with Gasteiger partial charge in [-0.25, -0.2) is 0 Å². The monoisotopic (exact) mass is 265 g/mol. The van der Waals surface area contributed by atoms with Gasteiger partial charge in [0.15, 0.2) is 6.29 Å². The van der Waals surface area contributed by atoms with Gasteiger partial charge in [0.25, 0.3) is 0 Å². The van der Waals surface area contributed by atoms with Crippen LogP contribution >= 0.6 is 0 Å². The average Bonchev–Trinajstić information content (AvgIpc) is 2.33. The molecule has 0 spiro atoms. The van der Waals surface area contributed by atoms with E-state index in [1.165, 1.54) is 14.2 Å². The molecule has 0 aliphatic carbocycles. The minimum absolute atomic E-state index is 0.129. The Hall–Kier alpha value is -0.770. The van der Waals surface area contributed by atoms with E-state index in [4.69, 9.17) is 18.9 Å². The number of aliphatic carboxylic acids is 1. The van der Waals surface area contributed by atoms with Crippen molar-refractivity contribution in [1.29, 1.82) is 0 Å². The molecule has 0 aromatic carbocycles. The lowest BCUT2D eigenvalue weighted by atomic mass is 9.99. The van der Waals surface area contributed by atoms with E-state index in [9.17, 15) is 20.1 Å². The van der Waals surface area contributed by atoms with Crippen LogP contribution in [0.5, 0.6) is 0 Å². The molecule has 5 atom stereocenters. The van der Waals surface area contributed by atoms with Crippen LogP contribution in [0, 0.1) is 0 Å². The first-order valence-electron chi connectivity index (χ1n) is 5.36. The summed E-state index contributed by atoms with van der Waals surface area (Å²) in [6.07, 6.45) is -5.09. The quantitative estimate of drug-likeness (QED) is 0.517. The first kappa shape index (κ1) is 15.3. The maximum absolute atomic E-state index is 10.2. The highest BCUT2D eigenvalue weighted by atomic mass is 16.7. The standard InChI is InChI=1S/C10H18O8/c1-15-9-5(3-17-4-6(11)12)18-10(16-2)8(14)7(9)13/h5,7-10,13-14H,3-4H2,1-2H3,(H,11,12)/p-1/t5?,7-,8?,9-,10-/m1/s1. The first-order chi connectivity index (χ1) is 8.51. The molecule has 0 amide bonds. The van der Waals surface area contributed by atoms with Crippen molar-refractivity contribution in [2.45, 2.75) is 30.7 Å². The van der Waals surface area contributed by atoms with Gasteiger partial charge in [-0.3, -0.25) is 0 Å². The van der Waals surface area contributed by atoms with Crippen molar-refractivity contribution in [1.82, 2.24) is 0 Å². The van der Waals surface area contributed by atoms with E-state index in [2.05, 4.69) is 0 Å². The summed E-state index contributed by atoms with van der Waals surface area (Å²) in [7, 11) is 2.65. The molecule has 0 radical (unpaired) electrons. The van der Waals surface area contributed by atoms with E-state index in [1.54, 1.807) is 0 Å². The van der Waals surface area contributed by atoms with Crippen molar-refractivity contribution >= 4 is 5.97 Å². The molecular weight excluding hydrogens is 248 g/mol. The van der Waals surface area contributed by atoms with Gasteiger partial charge in [-0.15, -0.1) is 0 Å². The van der Waals surface area contributed by atoms with Crippen LogP contribution in [-0.2, 0) is 23.7 Å². The summed E-state index contributed by atoms with van der Waals surface area (Å²) in [4.78, 5) is 10.2. The molecule has 1 aliphatic heterocycles. The van der Waals surface area contributed by atoms with Crippen LogP contribution < -0.4 is 5.11 Å². The van der Waals surface area contributed by atoms with Gasteiger partial charge in [0.05, 0.1) is 19.2 Å². The zero-order valence-electron chi connectivity index (χ0n) is 10.1. The van der Waals surface area contributed by atoms with Crippen LogP contribution in [0.4, 0.5) is 0 Å². The zero-order chi connectivity index (χ0) is 13.7. The number of hydrogen-bond acceptors (Lipinski definition) is 8. The number of carbonyl (C=O) groups excluding carboxylic acids is 1. The van der Waals surface area contributed by atoms with Gasteiger partial charge in [-0.1, -0.05) is 0 Å². The molecule has 1 saturated heterocycles. The summed E-state index contributed by atoms with van der Waals surface area (Å²) in [5.74, 6) is -1.36. The third-order valence-electron chi connectivity index (χ3n) is 2.65. The number of methoxy groups -OCH3 is 2. The molecule has 0 aromatic heterocycles. The minimum Gasteiger partial charge on any atom is -0.548 e. The minimum atomic E-state index is -1.36. The van der Waals surface area contributed by atoms with Crippen molar-refractivity contribution in [3.05, 3.63) is 0 Å². The van der Waals surface area contributed by atoms with E-state index in [-0.39, 0.29) is 6.61 Å². The Morgan fingerprint density at radius 1 is 1.28 bits per heavy atom. The number of aliphatic hydroxyl groups excluding tert-OH is 2. The topological polar surface area (TPSA) is 118 Å². The molecule has 8 heteroatoms. The number of carboxylic acids is 1. The summed E-state index contributed by atoms with van der Waals surface area (Å²) in [6.45, 7) is -0.720. The van der Waals surface area contributed by atoms with Crippen molar-refractivity contribution in [2.75, 3.05) is 27.4 Å². The van der Waals surface area contributed by atoms with Crippen LogP contribution in [0.3, 0.4) is 0 Å². The molecule has 1 fully saturated rings. The fraction of sp³-hybridized carbons (Fsp3) is 0.900. The number of aliphatic hydroxyl groups is 2. The van der Waals surface area contributed by atoms with E-state index in [0.29, 0.717) is 0 Å². The van der Waals surface area contributed by atoms with E-state index in [0.717, 1.165) is 0 Å². The number of carboxylic acid groups (broad SMARTS) is 1. The first-order valence-corrected chi connectivity index (χ1v) is 5.36. The fourth-order valence-corrected chi connectivity index (χ4v) is 1.78. The summed E-state index contributed by atoms with van der Waals surface area (Å²) in [5, 5.41) is 29.7. The van der Waals surface area contributed by atoms with Gasteiger partial charge in [0.1, 0.15) is 24.4 Å². The molecular formula is C10H17O8-. The van der Waals surface area contributed by atoms with E-state index >= 15 is 0 Å². The highest BCUT2D eigenvalue weighted by Crippen LogP contribution is 2.23. The van der Waals surface area contributed by atoms with Crippen molar-refractivity contribution in [2.24, 2.45) is 0 Å². The highest BCUT2D eigenvalue weighted by molar-refractivity contribution is 5.65. The highest BCUT2D eigenvalue weighted by Gasteiger charge is 2.45. The summed E-state index contributed by atoms with van der Waals surface area (Å²) in [6, 6.07) is 0. The smallest absolute Gasteiger partial charge is 0.186 e. The Kier molecular flexibility index (Phi) is 5.93. The van der Waals surface area contributed by atoms with E-state index in [1.807, 2.05) is 0 Å². The van der Waals surface area contributed by atoms with Crippen LogP contribution in [0.2, 0.25) is 0 Å².